The number of aromatic nitrogens is 2. The zero-order valence-electron chi connectivity index (χ0n) is 18.0. The number of phenols is 1. The Morgan fingerprint density at radius 2 is 1.70 bits per heavy atom. The van der Waals surface area contributed by atoms with E-state index in [1.165, 1.54) is 22.8 Å². The number of aromatic hydroxyl groups is 1. The van der Waals surface area contributed by atoms with Crippen molar-refractivity contribution in [1.82, 2.24) is 20.4 Å². The number of H-pyrrole nitrogens is 1. The third-order valence-electron chi connectivity index (χ3n) is 5.19. The zero-order chi connectivity index (χ0) is 23.7. The van der Waals surface area contributed by atoms with Gasteiger partial charge in [-0.25, -0.2) is 0 Å². The maximum atomic E-state index is 12.8. The predicted octanol–water partition coefficient (Wildman–Crippen LogP) is 3.65. The summed E-state index contributed by atoms with van der Waals surface area (Å²) in [5, 5.41) is 12.2. The topological polar surface area (TPSA) is 116 Å². The quantitative estimate of drug-likeness (QED) is 0.273. The van der Waals surface area contributed by atoms with Crippen molar-refractivity contribution in [2.24, 2.45) is 5.92 Å². The van der Waals surface area contributed by atoms with Gasteiger partial charge in [-0.2, -0.15) is 0 Å². The number of benzene rings is 3. The highest BCUT2D eigenvalue weighted by Crippen LogP contribution is 2.24. The Kier molecular flexibility index (Phi) is 5.97. The number of nitrogens with zero attached hydrogens (tertiary/aromatic N) is 1. The molecule has 168 valence electrons. The smallest absolute Gasteiger partial charge is 0.273 e. The van der Waals surface area contributed by atoms with Gasteiger partial charge >= 0.3 is 0 Å². The number of carbonyl (C=O) groups excluding carboxylic acids is 2. The summed E-state index contributed by atoms with van der Waals surface area (Å²) < 4.78 is 1.78. The van der Waals surface area contributed by atoms with Crippen LogP contribution in [0.4, 0.5) is 0 Å². The normalized spacial score (nSPS) is 11.1. The Morgan fingerprint density at radius 1 is 1.03 bits per heavy atom. The van der Waals surface area contributed by atoms with Gasteiger partial charge in [-0.05, 0) is 59.2 Å². The van der Waals surface area contributed by atoms with Crippen molar-refractivity contribution in [3.05, 3.63) is 80.8 Å². The molecule has 0 atom stereocenters. The van der Waals surface area contributed by atoms with Crippen LogP contribution in [0.2, 0.25) is 0 Å². The van der Waals surface area contributed by atoms with E-state index < -0.39 is 11.8 Å². The molecular formula is C24H22N4O4S. The van der Waals surface area contributed by atoms with Crippen molar-refractivity contribution in [2.75, 3.05) is 0 Å². The van der Waals surface area contributed by atoms with Crippen molar-refractivity contribution in [3.63, 3.8) is 0 Å². The summed E-state index contributed by atoms with van der Waals surface area (Å²) in [6.45, 7) is 4.47. The van der Waals surface area contributed by atoms with Crippen LogP contribution in [0.15, 0.2) is 59.4 Å². The van der Waals surface area contributed by atoms with Crippen LogP contribution in [-0.2, 0) is 6.54 Å². The lowest BCUT2D eigenvalue weighted by atomic mass is 10.1. The van der Waals surface area contributed by atoms with Crippen molar-refractivity contribution < 1.29 is 14.7 Å². The van der Waals surface area contributed by atoms with Gasteiger partial charge in [0.25, 0.3) is 17.4 Å². The van der Waals surface area contributed by atoms with Gasteiger partial charge in [-0.15, -0.1) is 0 Å². The standard InChI is InChI=1S/C24H22N4O4S/c1-13(2)12-28-23(32)17-8-7-16(10-19(17)25-24(28)33)21(30)26-27-22(31)18-9-14-5-3-4-6-15(14)11-20(18)29/h3-11,13,29H,12H2,1-2H3,(H,25,33)(H,26,30)(H,27,31). The number of aromatic amines is 1. The van der Waals surface area contributed by atoms with E-state index in [9.17, 15) is 19.5 Å². The number of amides is 2. The fourth-order valence-electron chi connectivity index (χ4n) is 3.59. The van der Waals surface area contributed by atoms with Crippen LogP contribution in [0.3, 0.4) is 0 Å². The molecule has 4 N–H and O–H groups in total. The fourth-order valence-corrected chi connectivity index (χ4v) is 3.86. The molecule has 0 aliphatic carbocycles. The van der Waals surface area contributed by atoms with Gasteiger partial charge in [0.1, 0.15) is 5.75 Å². The number of nitrogens with one attached hydrogen (secondary N) is 3. The second kappa shape index (κ2) is 8.87. The highest BCUT2D eigenvalue weighted by Gasteiger charge is 2.15. The van der Waals surface area contributed by atoms with Gasteiger partial charge in [0.05, 0.1) is 16.5 Å². The molecule has 9 heteroatoms. The van der Waals surface area contributed by atoms with Gasteiger partial charge in [-0.3, -0.25) is 29.8 Å². The summed E-state index contributed by atoms with van der Waals surface area (Å²) in [5.74, 6) is -1.21. The van der Waals surface area contributed by atoms with Gasteiger partial charge in [-0.1, -0.05) is 38.1 Å². The maximum Gasteiger partial charge on any atom is 0.273 e. The molecule has 0 saturated heterocycles. The molecule has 4 aromatic rings. The highest BCUT2D eigenvalue weighted by molar-refractivity contribution is 7.71. The van der Waals surface area contributed by atoms with E-state index in [0.29, 0.717) is 17.4 Å². The molecule has 0 spiro atoms. The molecule has 2 amide bonds. The van der Waals surface area contributed by atoms with Crippen LogP contribution in [0.5, 0.6) is 5.75 Å². The number of hydrogen-bond acceptors (Lipinski definition) is 5. The van der Waals surface area contributed by atoms with E-state index in [1.54, 1.807) is 12.1 Å². The van der Waals surface area contributed by atoms with E-state index in [2.05, 4.69) is 15.8 Å². The Morgan fingerprint density at radius 3 is 2.39 bits per heavy atom. The lowest BCUT2D eigenvalue weighted by molar-refractivity contribution is 0.0845. The summed E-state index contributed by atoms with van der Waals surface area (Å²) in [4.78, 5) is 40.9. The first-order valence-electron chi connectivity index (χ1n) is 10.3. The first-order valence-corrected chi connectivity index (χ1v) is 10.7. The minimum atomic E-state index is -0.664. The van der Waals surface area contributed by atoms with Crippen molar-refractivity contribution in [3.8, 4) is 5.75 Å². The monoisotopic (exact) mass is 462 g/mol. The van der Waals surface area contributed by atoms with E-state index in [1.807, 2.05) is 38.1 Å². The first kappa shape index (κ1) is 22.2. The van der Waals surface area contributed by atoms with E-state index >= 15 is 0 Å². The van der Waals surface area contributed by atoms with Crippen LogP contribution in [-0.4, -0.2) is 26.5 Å². The Bertz CT molecular complexity index is 1520. The number of hydrazine groups is 1. The van der Waals surface area contributed by atoms with Gasteiger partial charge in [0.2, 0.25) is 0 Å². The molecule has 0 aliphatic rings. The molecule has 1 heterocycles. The largest absolute Gasteiger partial charge is 0.507 e. The summed E-state index contributed by atoms with van der Waals surface area (Å²) in [7, 11) is 0. The number of hydrogen-bond donors (Lipinski definition) is 4. The molecule has 33 heavy (non-hydrogen) atoms. The highest BCUT2D eigenvalue weighted by atomic mass is 32.1. The third-order valence-corrected chi connectivity index (χ3v) is 5.51. The molecule has 0 bridgehead atoms. The fraction of sp³-hybridized carbons (Fsp3) is 0.167. The summed E-state index contributed by atoms with van der Waals surface area (Å²) in [6.07, 6.45) is 0. The summed E-state index contributed by atoms with van der Waals surface area (Å²) >= 11 is 5.31. The average molecular weight is 463 g/mol. The van der Waals surface area contributed by atoms with Gasteiger partial charge in [0.15, 0.2) is 4.77 Å². The molecular weight excluding hydrogens is 440 g/mol. The van der Waals surface area contributed by atoms with Crippen LogP contribution in [0.25, 0.3) is 21.7 Å². The predicted molar refractivity (Wildman–Crippen MR) is 129 cm³/mol. The Balaban J connectivity index is 1.54. The second-order valence-corrected chi connectivity index (χ2v) is 8.51. The minimum absolute atomic E-state index is 0.0299. The Labute approximate surface area is 193 Å². The molecule has 0 fully saturated rings. The Hall–Kier alpha value is -3.98. The molecule has 0 saturated carbocycles. The van der Waals surface area contributed by atoms with Crippen LogP contribution in [0, 0.1) is 10.7 Å². The molecule has 0 unspecified atom stereocenters. The van der Waals surface area contributed by atoms with E-state index in [4.69, 9.17) is 12.2 Å². The number of carbonyl (C=O) groups is 2. The van der Waals surface area contributed by atoms with Gasteiger partial charge in [0, 0.05) is 12.1 Å². The second-order valence-electron chi connectivity index (χ2n) is 8.12. The van der Waals surface area contributed by atoms with Crippen molar-refractivity contribution >= 4 is 45.7 Å². The van der Waals surface area contributed by atoms with E-state index in [0.717, 1.165) is 10.8 Å². The molecule has 4 rings (SSSR count). The number of rotatable bonds is 4. The molecule has 8 nitrogen and oxygen atoms in total. The SMILES string of the molecule is CC(C)Cn1c(=S)[nH]c2cc(C(=O)NNC(=O)c3cc4ccccc4cc3O)ccc2c1=O. The van der Waals surface area contributed by atoms with Gasteiger partial charge < -0.3 is 10.1 Å². The molecule has 0 aliphatic heterocycles. The van der Waals surface area contributed by atoms with Crippen LogP contribution < -0.4 is 16.4 Å². The van der Waals surface area contributed by atoms with Crippen LogP contribution in [0.1, 0.15) is 34.6 Å². The van der Waals surface area contributed by atoms with E-state index in [-0.39, 0.29) is 33.1 Å². The molecule has 1 aromatic heterocycles. The number of fused-ring (bicyclic) bond motifs is 2. The summed E-state index contributed by atoms with van der Waals surface area (Å²) in [6, 6.07) is 14.9. The molecule has 3 aromatic carbocycles. The lowest BCUT2D eigenvalue weighted by Gasteiger charge is -2.12. The van der Waals surface area contributed by atoms with Crippen LogP contribution >= 0.6 is 12.2 Å². The van der Waals surface area contributed by atoms with Crippen molar-refractivity contribution in [2.45, 2.75) is 20.4 Å². The average Bonchev–Trinajstić information content (AvgIpc) is 2.79. The first-order chi connectivity index (χ1) is 15.7. The summed E-state index contributed by atoms with van der Waals surface area (Å²) in [5.41, 5.74) is 5.09. The maximum absolute atomic E-state index is 12.8. The minimum Gasteiger partial charge on any atom is -0.507 e. The molecule has 0 radical (unpaired) electrons. The third kappa shape index (κ3) is 4.49. The number of phenolic OH excluding ortho intramolecular Hbond substituents is 1. The van der Waals surface area contributed by atoms with Crippen molar-refractivity contribution in [1.29, 1.82) is 0 Å². The zero-order valence-corrected chi connectivity index (χ0v) is 18.8. The lowest BCUT2D eigenvalue weighted by Crippen LogP contribution is -2.41.